The Balaban J connectivity index is 1.71. The number of rotatable bonds is 6. The largest absolute Gasteiger partial charge is 0.484 e. The topological polar surface area (TPSA) is 53.9 Å². The van der Waals surface area contributed by atoms with E-state index in [0.29, 0.717) is 16.8 Å². The van der Waals surface area contributed by atoms with Gasteiger partial charge in [0, 0.05) is 22.3 Å². The van der Waals surface area contributed by atoms with E-state index in [0.717, 1.165) is 11.1 Å². The van der Waals surface area contributed by atoms with Gasteiger partial charge < -0.3 is 9.64 Å². The van der Waals surface area contributed by atoms with Crippen LogP contribution in [0.3, 0.4) is 0 Å². The molecule has 2 aromatic rings. The van der Waals surface area contributed by atoms with Crippen LogP contribution >= 0.6 is 11.6 Å². The van der Waals surface area contributed by atoms with E-state index < -0.39 is 0 Å². The summed E-state index contributed by atoms with van der Waals surface area (Å²) in [6, 6.07) is 11.6. The normalized spacial score (nSPS) is 15.1. The zero-order valence-corrected chi connectivity index (χ0v) is 19.7. The lowest BCUT2D eigenvalue weighted by Gasteiger charge is -2.46. The number of halogens is 1. The van der Waals surface area contributed by atoms with E-state index in [2.05, 4.69) is 75.2 Å². The molecule has 3 rings (SSSR count). The number of hydrazone groups is 1. The van der Waals surface area contributed by atoms with Crippen LogP contribution in [0.4, 0.5) is 5.69 Å². The van der Waals surface area contributed by atoms with Crippen LogP contribution in [0.1, 0.15) is 51.3 Å². The van der Waals surface area contributed by atoms with Crippen molar-refractivity contribution in [3.63, 3.8) is 0 Å². The number of carbonyl (C=O) groups is 1. The highest BCUT2D eigenvalue weighted by Crippen LogP contribution is 2.41. The minimum Gasteiger partial charge on any atom is -0.484 e. The maximum Gasteiger partial charge on any atom is 0.277 e. The van der Waals surface area contributed by atoms with E-state index in [9.17, 15) is 4.79 Å². The van der Waals surface area contributed by atoms with Crippen LogP contribution in [0.5, 0.6) is 5.75 Å². The summed E-state index contributed by atoms with van der Waals surface area (Å²) in [4.78, 5) is 14.5. The molecule has 0 atom stereocenters. The summed E-state index contributed by atoms with van der Waals surface area (Å²) >= 11 is 5.84. The molecule has 1 N–H and O–H groups in total. The van der Waals surface area contributed by atoms with Crippen LogP contribution < -0.4 is 15.1 Å². The van der Waals surface area contributed by atoms with Gasteiger partial charge >= 0.3 is 0 Å². The second kappa shape index (κ2) is 9.15. The second-order valence-corrected chi connectivity index (χ2v) is 9.14. The van der Waals surface area contributed by atoms with Gasteiger partial charge in [0.2, 0.25) is 0 Å². The SMILES string of the molecule is CC1=CC(C)(C)N(C(C)C)c2cc(C)c(/C=N\NC(=O)COc3ccc(Cl)cc3)cc21. The van der Waals surface area contributed by atoms with E-state index in [1.165, 1.54) is 16.8 Å². The van der Waals surface area contributed by atoms with Crippen LogP contribution in [0.2, 0.25) is 5.02 Å². The Kier molecular flexibility index (Phi) is 6.75. The first kappa shape index (κ1) is 22.9. The van der Waals surface area contributed by atoms with Gasteiger partial charge in [-0.15, -0.1) is 0 Å². The molecule has 6 heteroatoms. The number of fused-ring (bicyclic) bond motifs is 1. The maximum absolute atomic E-state index is 12.0. The average Bonchev–Trinajstić information content (AvgIpc) is 2.67. The molecule has 0 aromatic heterocycles. The first-order valence-corrected chi connectivity index (χ1v) is 10.8. The zero-order chi connectivity index (χ0) is 22.8. The summed E-state index contributed by atoms with van der Waals surface area (Å²) in [6.07, 6.45) is 3.99. The standard InChI is InChI=1S/C25H30ClN3O2/c1-16(2)29-23-11-17(3)19(12-22(23)18(4)13-25(29,5)6)14-27-28-24(30)15-31-21-9-7-20(26)8-10-21/h7-14,16H,15H2,1-6H3,(H,28,30)/b27-14-. The molecule has 0 saturated heterocycles. The monoisotopic (exact) mass is 439 g/mol. The molecule has 31 heavy (non-hydrogen) atoms. The summed E-state index contributed by atoms with van der Waals surface area (Å²) < 4.78 is 5.43. The lowest BCUT2D eigenvalue weighted by molar-refractivity contribution is -0.123. The van der Waals surface area contributed by atoms with Crippen LogP contribution in [0.25, 0.3) is 5.57 Å². The zero-order valence-electron chi connectivity index (χ0n) is 19.0. The van der Waals surface area contributed by atoms with Gasteiger partial charge in [-0.25, -0.2) is 5.43 Å². The van der Waals surface area contributed by atoms with Crippen molar-refractivity contribution >= 4 is 35.0 Å². The van der Waals surface area contributed by atoms with Crippen molar-refractivity contribution in [2.75, 3.05) is 11.5 Å². The second-order valence-electron chi connectivity index (χ2n) is 8.71. The first-order valence-electron chi connectivity index (χ1n) is 10.4. The van der Waals surface area contributed by atoms with Crippen molar-refractivity contribution in [3.05, 3.63) is 64.2 Å². The lowest BCUT2D eigenvalue weighted by atomic mass is 9.86. The fraction of sp³-hybridized carbons (Fsp3) is 0.360. The molecule has 0 spiro atoms. The minimum atomic E-state index is -0.328. The third-order valence-electron chi connectivity index (χ3n) is 5.35. The molecule has 164 valence electrons. The highest BCUT2D eigenvalue weighted by atomic mass is 35.5. The Labute approximate surface area is 189 Å². The highest BCUT2D eigenvalue weighted by Gasteiger charge is 2.33. The smallest absolute Gasteiger partial charge is 0.277 e. The molecular formula is C25H30ClN3O2. The number of nitrogens with one attached hydrogen (secondary N) is 1. The van der Waals surface area contributed by atoms with E-state index >= 15 is 0 Å². The van der Waals surface area contributed by atoms with Crippen molar-refractivity contribution in [1.29, 1.82) is 0 Å². The Morgan fingerprint density at radius 2 is 1.90 bits per heavy atom. The first-order chi connectivity index (χ1) is 14.6. The molecule has 1 amide bonds. The van der Waals surface area contributed by atoms with Crippen LogP contribution in [0.15, 0.2) is 47.6 Å². The van der Waals surface area contributed by atoms with Gasteiger partial charge in [0.15, 0.2) is 6.61 Å². The molecule has 0 fully saturated rings. The van der Waals surface area contributed by atoms with Gasteiger partial charge in [-0.2, -0.15) is 5.10 Å². The molecule has 0 aliphatic carbocycles. The Morgan fingerprint density at radius 3 is 2.55 bits per heavy atom. The molecule has 0 unspecified atom stereocenters. The van der Waals surface area contributed by atoms with Crippen LogP contribution in [-0.4, -0.2) is 30.3 Å². The summed E-state index contributed by atoms with van der Waals surface area (Å²) in [7, 11) is 0. The third kappa shape index (κ3) is 5.28. The van der Waals surface area contributed by atoms with E-state index in [4.69, 9.17) is 16.3 Å². The van der Waals surface area contributed by atoms with E-state index in [1.807, 2.05) is 0 Å². The van der Waals surface area contributed by atoms with Gasteiger partial charge in [-0.1, -0.05) is 17.7 Å². The number of ether oxygens (including phenoxy) is 1. The summed E-state index contributed by atoms with van der Waals surface area (Å²) in [6.45, 7) is 13.0. The van der Waals surface area contributed by atoms with E-state index in [1.54, 1.807) is 30.5 Å². The number of carbonyl (C=O) groups excluding carboxylic acids is 1. The molecule has 0 bridgehead atoms. The highest BCUT2D eigenvalue weighted by molar-refractivity contribution is 6.30. The van der Waals surface area contributed by atoms with Gasteiger partial charge in [0.1, 0.15) is 5.75 Å². The molecule has 5 nitrogen and oxygen atoms in total. The minimum absolute atomic E-state index is 0.0502. The molecule has 1 heterocycles. The third-order valence-corrected chi connectivity index (χ3v) is 5.60. The predicted octanol–water partition coefficient (Wildman–Crippen LogP) is 5.59. The van der Waals surface area contributed by atoms with Gasteiger partial charge in [0.25, 0.3) is 5.91 Å². The van der Waals surface area contributed by atoms with Gasteiger partial charge in [-0.05, 0) is 94.6 Å². The van der Waals surface area contributed by atoms with E-state index in [-0.39, 0.29) is 18.1 Å². The number of hydrogen-bond acceptors (Lipinski definition) is 4. The van der Waals surface area contributed by atoms with Gasteiger partial charge in [0.05, 0.1) is 11.8 Å². The summed E-state index contributed by atoms with van der Waals surface area (Å²) in [5, 5.41) is 4.74. The fourth-order valence-electron chi connectivity index (χ4n) is 4.18. The molecular weight excluding hydrogens is 410 g/mol. The number of nitrogens with zero attached hydrogens (tertiary/aromatic N) is 2. The molecule has 0 saturated carbocycles. The number of allylic oxidation sites excluding steroid dienone is 1. The Morgan fingerprint density at radius 1 is 1.23 bits per heavy atom. The van der Waals surface area contributed by atoms with Gasteiger partial charge in [-0.3, -0.25) is 4.79 Å². The van der Waals surface area contributed by atoms with Crippen LogP contribution in [0, 0.1) is 6.92 Å². The van der Waals surface area contributed by atoms with Crippen molar-refractivity contribution in [1.82, 2.24) is 5.43 Å². The number of anilines is 1. The molecule has 1 aliphatic heterocycles. The predicted molar refractivity (Wildman–Crippen MR) is 129 cm³/mol. The molecule has 1 aliphatic rings. The quantitative estimate of drug-likeness (QED) is 0.471. The van der Waals surface area contributed by atoms with Crippen molar-refractivity contribution in [2.45, 2.75) is 53.1 Å². The number of aryl methyl sites for hydroxylation is 1. The number of amides is 1. The number of benzene rings is 2. The lowest BCUT2D eigenvalue weighted by Crippen LogP contribution is -2.49. The molecule has 2 aromatic carbocycles. The van der Waals surface area contributed by atoms with Crippen molar-refractivity contribution in [3.8, 4) is 5.75 Å². The Bertz CT molecular complexity index is 1020. The summed E-state index contributed by atoms with van der Waals surface area (Å²) in [5.41, 5.74) is 8.21. The average molecular weight is 440 g/mol. The molecule has 0 radical (unpaired) electrons. The Hall–Kier alpha value is -2.79. The maximum atomic E-state index is 12.0. The van der Waals surface area contributed by atoms with Crippen molar-refractivity contribution < 1.29 is 9.53 Å². The summed E-state index contributed by atoms with van der Waals surface area (Å²) in [5.74, 6) is 0.250. The fourth-order valence-corrected chi connectivity index (χ4v) is 4.31. The van der Waals surface area contributed by atoms with Crippen LogP contribution in [-0.2, 0) is 4.79 Å². The number of hydrogen-bond donors (Lipinski definition) is 1. The van der Waals surface area contributed by atoms with Crippen molar-refractivity contribution in [2.24, 2.45) is 5.10 Å².